The van der Waals surface area contributed by atoms with Crippen LogP contribution in [0.15, 0.2) is 85.1 Å². The molecule has 1 atom stereocenters. The van der Waals surface area contributed by atoms with Gasteiger partial charge >= 0.3 is 17.9 Å². The number of ether oxygens (including phenoxy) is 3. The van der Waals surface area contributed by atoms with Gasteiger partial charge in [0, 0.05) is 19.3 Å². The fourth-order valence-electron chi connectivity index (χ4n) is 7.35. The lowest BCUT2D eigenvalue weighted by Crippen LogP contribution is -2.30. The van der Waals surface area contributed by atoms with Gasteiger partial charge < -0.3 is 14.2 Å². The van der Waals surface area contributed by atoms with Crippen LogP contribution in [0, 0.1) is 0 Å². The van der Waals surface area contributed by atoms with Gasteiger partial charge in [0.05, 0.1) is 0 Å². The Labute approximate surface area is 401 Å². The van der Waals surface area contributed by atoms with Crippen molar-refractivity contribution in [1.82, 2.24) is 0 Å². The van der Waals surface area contributed by atoms with Gasteiger partial charge in [0.1, 0.15) is 13.2 Å². The van der Waals surface area contributed by atoms with Crippen molar-refractivity contribution in [2.75, 3.05) is 13.2 Å². The minimum Gasteiger partial charge on any atom is -0.462 e. The van der Waals surface area contributed by atoms with Crippen molar-refractivity contribution in [2.24, 2.45) is 0 Å². The summed E-state index contributed by atoms with van der Waals surface area (Å²) in [6.07, 6.45) is 68.6. The van der Waals surface area contributed by atoms with Crippen molar-refractivity contribution in [1.29, 1.82) is 0 Å². The molecule has 0 aliphatic heterocycles. The van der Waals surface area contributed by atoms with E-state index in [9.17, 15) is 14.4 Å². The molecule has 0 fully saturated rings. The summed E-state index contributed by atoms with van der Waals surface area (Å²) in [6, 6.07) is 0. The van der Waals surface area contributed by atoms with Crippen molar-refractivity contribution in [2.45, 2.75) is 258 Å². The van der Waals surface area contributed by atoms with Gasteiger partial charge in [0.15, 0.2) is 6.10 Å². The highest BCUT2D eigenvalue weighted by atomic mass is 16.6. The lowest BCUT2D eigenvalue weighted by atomic mass is 10.1. The summed E-state index contributed by atoms with van der Waals surface area (Å²) in [6.45, 7) is 6.38. The van der Waals surface area contributed by atoms with Gasteiger partial charge in [-0.15, -0.1) is 0 Å². The topological polar surface area (TPSA) is 78.9 Å². The van der Waals surface area contributed by atoms with Crippen LogP contribution in [0.1, 0.15) is 252 Å². The molecule has 0 saturated carbocycles. The minimum absolute atomic E-state index is 0.0966. The SMILES string of the molecule is CC/C=C\C/C=C\C/C=C\C/C=C\CCCCCC(=O)OC(COC(=O)CCCCCCC/C=C\C/C=C\CC)COC(=O)CCCCCCCCC/C=C\CCCCCCCCCC. The van der Waals surface area contributed by atoms with E-state index in [1.807, 2.05) is 0 Å². The first-order chi connectivity index (χ1) is 32.0. The number of allylic oxidation sites excluding steroid dienone is 14. The van der Waals surface area contributed by atoms with Gasteiger partial charge in [-0.05, 0) is 109 Å². The van der Waals surface area contributed by atoms with E-state index in [1.54, 1.807) is 0 Å². The number of unbranched alkanes of at least 4 members (excludes halogenated alkanes) is 23. The number of carbonyl (C=O) groups excluding carboxylic acids is 3. The third-order valence-corrected chi connectivity index (χ3v) is 11.4. The molecule has 0 aliphatic carbocycles. The number of rotatable bonds is 48. The van der Waals surface area contributed by atoms with Crippen LogP contribution in [0.2, 0.25) is 0 Å². The van der Waals surface area contributed by atoms with Gasteiger partial charge in [0.2, 0.25) is 0 Å². The maximum Gasteiger partial charge on any atom is 0.306 e. The first-order valence-electron chi connectivity index (χ1n) is 27.1. The van der Waals surface area contributed by atoms with Crippen LogP contribution in [0.5, 0.6) is 0 Å². The van der Waals surface area contributed by atoms with E-state index < -0.39 is 6.10 Å². The highest BCUT2D eigenvalue weighted by molar-refractivity contribution is 5.71. The van der Waals surface area contributed by atoms with E-state index in [0.29, 0.717) is 12.8 Å². The maximum absolute atomic E-state index is 12.8. The maximum atomic E-state index is 12.8. The van der Waals surface area contributed by atoms with Crippen LogP contribution in [-0.2, 0) is 28.6 Å². The predicted octanol–water partition coefficient (Wildman–Crippen LogP) is 18.0. The van der Waals surface area contributed by atoms with E-state index in [2.05, 4.69) is 106 Å². The normalized spacial score (nSPS) is 12.7. The summed E-state index contributed by atoms with van der Waals surface area (Å²) >= 11 is 0. The summed E-state index contributed by atoms with van der Waals surface area (Å²) in [5, 5.41) is 0. The Balaban J connectivity index is 4.42. The predicted molar refractivity (Wildman–Crippen MR) is 279 cm³/mol. The fourth-order valence-corrected chi connectivity index (χ4v) is 7.35. The van der Waals surface area contributed by atoms with Gasteiger partial charge in [-0.1, -0.05) is 209 Å². The van der Waals surface area contributed by atoms with Gasteiger partial charge in [0.25, 0.3) is 0 Å². The molecule has 65 heavy (non-hydrogen) atoms. The Morgan fingerprint density at radius 1 is 0.323 bits per heavy atom. The molecule has 0 aromatic heterocycles. The molecule has 6 nitrogen and oxygen atoms in total. The molecule has 0 saturated heterocycles. The van der Waals surface area contributed by atoms with Crippen LogP contribution < -0.4 is 0 Å². The monoisotopic (exact) mass is 905 g/mol. The average Bonchev–Trinajstić information content (AvgIpc) is 3.30. The smallest absolute Gasteiger partial charge is 0.306 e. The molecular formula is C59H100O6. The van der Waals surface area contributed by atoms with E-state index >= 15 is 0 Å². The molecule has 0 aromatic rings. The zero-order valence-electron chi connectivity index (χ0n) is 42.5. The van der Waals surface area contributed by atoms with E-state index in [0.717, 1.165) is 122 Å². The van der Waals surface area contributed by atoms with Gasteiger partial charge in [-0.2, -0.15) is 0 Å². The van der Waals surface area contributed by atoms with Crippen LogP contribution in [0.25, 0.3) is 0 Å². The first kappa shape index (κ1) is 61.6. The number of hydrogen-bond donors (Lipinski definition) is 0. The van der Waals surface area contributed by atoms with Crippen molar-refractivity contribution in [3.8, 4) is 0 Å². The van der Waals surface area contributed by atoms with Crippen molar-refractivity contribution >= 4 is 17.9 Å². The Morgan fingerprint density at radius 2 is 0.600 bits per heavy atom. The van der Waals surface area contributed by atoms with Crippen molar-refractivity contribution in [3.05, 3.63) is 85.1 Å². The van der Waals surface area contributed by atoms with E-state index in [1.165, 1.54) is 89.9 Å². The third kappa shape index (κ3) is 51.4. The molecule has 0 N–H and O–H groups in total. The summed E-state index contributed by atoms with van der Waals surface area (Å²) in [4.78, 5) is 38.0. The Bertz CT molecular complexity index is 1270. The molecule has 0 bridgehead atoms. The number of hydrogen-bond acceptors (Lipinski definition) is 6. The largest absolute Gasteiger partial charge is 0.462 e. The molecule has 1 unspecified atom stereocenters. The quantitative estimate of drug-likeness (QED) is 0.0262. The molecule has 6 heteroatoms. The second-order valence-corrected chi connectivity index (χ2v) is 17.7. The summed E-state index contributed by atoms with van der Waals surface area (Å²) < 4.78 is 16.8. The lowest BCUT2D eigenvalue weighted by Gasteiger charge is -2.18. The second kappa shape index (κ2) is 53.2. The molecule has 0 radical (unpaired) electrons. The van der Waals surface area contributed by atoms with E-state index in [-0.39, 0.29) is 37.5 Å². The van der Waals surface area contributed by atoms with Crippen molar-refractivity contribution in [3.63, 3.8) is 0 Å². The molecule has 0 aliphatic rings. The molecule has 0 rings (SSSR count). The lowest BCUT2D eigenvalue weighted by molar-refractivity contribution is -0.167. The van der Waals surface area contributed by atoms with Crippen LogP contribution in [0.3, 0.4) is 0 Å². The molecule has 0 spiro atoms. The zero-order valence-corrected chi connectivity index (χ0v) is 42.5. The number of carbonyl (C=O) groups is 3. The van der Waals surface area contributed by atoms with Crippen LogP contribution in [0.4, 0.5) is 0 Å². The minimum atomic E-state index is -0.801. The van der Waals surface area contributed by atoms with Crippen molar-refractivity contribution < 1.29 is 28.6 Å². The van der Waals surface area contributed by atoms with Crippen LogP contribution >= 0.6 is 0 Å². The van der Waals surface area contributed by atoms with E-state index in [4.69, 9.17) is 14.2 Å². The third-order valence-electron chi connectivity index (χ3n) is 11.4. The Kier molecular flexibility index (Phi) is 50.4. The molecule has 0 heterocycles. The summed E-state index contributed by atoms with van der Waals surface area (Å²) in [5.41, 5.74) is 0. The van der Waals surface area contributed by atoms with Gasteiger partial charge in [-0.3, -0.25) is 14.4 Å². The summed E-state index contributed by atoms with van der Waals surface area (Å²) in [5.74, 6) is -0.946. The second-order valence-electron chi connectivity index (χ2n) is 17.7. The highest BCUT2D eigenvalue weighted by Gasteiger charge is 2.19. The Hall–Kier alpha value is -3.41. The fraction of sp³-hybridized carbons (Fsp3) is 0.712. The molecule has 0 amide bonds. The molecule has 0 aromatic carbocycles. The standard InChI is InChI=1S/C59H100O6/c1-4-7-10-13-16-19-22-25-27-29-30-31-33-34-37-40-43-46-49-52-58(61)64-55-56(54-63-57(60)51-48-45-42-39-36-24-21-18-15-12-9-6-3)65-59(62)53-50-47-44-41-38-35-32-28-26-23-20-17-14-11-8-5-2/h8-9,11-12,17-18,20-21,26,28-30,35,38,56H,4-7,10,13-16,19,22-25,27,31-34,36-37,39-55H2,1-3H3/b11-8-,12-9-,20-17-,21-18-,28-26-,30-29-,38-35-. The first-order valence-corrected chi connectivity index (χ1v) is 27.1. The molecular weight excluding hydrogens is 805 g/mol. The van der Waals surface area contributed by atoms with Gasteiger partial charge in [-0.25, -0.2) is 0 Å². The Morgan fingerprint density at radius 3 is 0.969 bits per heavy atom. The van der Waals surface area contributed by atoms with Crippen LogP contribution in [-0.4, -0.2) is 37.2 Å². The molecule has 372 valence electrons. The highest BCUT2D eigenvalue weighted by Crippen LogP contribution is 2.14. The number of esters is 3. The average molecular weight is 905 g/mol. The zero-order chi connectivity index (χ0) is 47.2. The summed E-state index contributed by atoms with van der Waals surface area (Å²) in [7, 11) is 0.